The van der Waals surface area contributed by atoms with Crippen molar-refractivity contribution in [3.8, 4) is 10.6 Å². The van der Waals surface area contributed by atoms with Crippen molar-refractivity contribution in [2.45, 2.75) is 6.42 Å². The number of hydrogen-bond acceptors (Lipinski definition) is 5. The summed E-state index contributed by atoms with van der Waals surface area (Å²) in [6.07, 6.45) is 0.831. The number of benzene rings is 1. The topological polar surface area (TPSA) is 66.5 Å². The first-order valence-electron chi connectivity index (χ1n) is 8.85. The smallest absolute Gasteiger partial charge is 0.270 e. The summed E-state index contributed by atoms with van der Waals surface area (Å²) in [5.41, 5.74) is 4.95. The molecule has 2 N–H and O–H groups in total. The van der Waals surface area contributed by atoms with E-state index in [2.05, 4.69) is 10.7 Å². The molecule has 3 rings (SSSR count). The molecule has 2 heterocycles. The highest BCUT2D eigenvalue weighted by atomic mass is 32.1. The van der Waals surface area contributed by atoms with Gasteiger partial charge in [0.2, 0.25) is 0 Å². The van der Waals surface area contributed by atoms with Crippen LogP contribution in [0.15, 0.2) is 47.8 Å². The van der Waals surface area contributed by atoms with E-state index in [-0.39, 0.29) is 5.91 Å². The fraction of sp³-hybridized carbons (Fsp3) is 0.250. The molecule has 0 unspecified atom stereocenters. The van der Waals surface area contributed by atoms with Gasteiger partial charge in [0.05, 0.1) is 21.7 Å². The van der Waals surface area contributed by atoms with Gasteiger partial charge in [-0.1, -0.05) is 24.3 Å². The highest BCUT2D eigenvalue weighted by Crippen LogP contribution is 2.27. The van der Waals surface area contributed by atoms with Gasteiger partial charge in [0.1, 0.15) is 0 Å². The first-order valence-corrected chi connectivity index (χ1v) is 10.1. The van der Waals surface area contributed by atoms with Gasteiger partial charge >= 0.3 is 0 Å². The molecule has 0 aliphatic rings. The lowest BCUT2D eigenvalue weighted by Crippen LogP contribution is -2.48. The Morgan fingerprint density at radius 1 is 1.29 bits per heavy atom. The minimum Gasteiger partial charge on any atom is -0.385 e. The maximum absolute atomic E-state index is 13.0. The Kier molecular flexibility index (Phi) is 6.91. The van der Waals surface area contributed by atoms with Crippen molar-refractivity contribution in [1.82, 2.24) is 20.7 Å². The maximum Gasteiger partial charge on any atom is 0.270 e. The molecule has 0 saturated carbocycles. The van der Waals surface area contributed by atoms with Crippen LogP contribution in [0.3, 0.4) is 0 Å². The van der Waals surface area contributed by atoms with Crippen LogP contribution < -0.4 is 10.7 Å². The highest BCUT2D eigenvalue weighted by Gasteiger charge is 2.16. The second-order valence-corrected chi connectivity index (χ2v) is 7.46. The number of aromatic nitrogens is 1. The number of methoxy groups -OCH3 is 1. The van der Waals surface area contributed by atoms with E-state index >= 15 is 0 Å². The second-order valence-electron chi connectivity index (χ2n) is 6.13. The molecule has 0 atom stereocenters. The summed E-state index contributed by atoms with van der Waals surface area (Å²) in [6, 6.07) is 13.4. The number of nitrogens with one attached hydrogen (secondary N) is 2. The first kappa shape index (κ1) is 20.2. The molecular weight excluding hydrogens is 392 g/mol. The van der Waals surface area contributed by atoms with E-state index in [4.69, 9.17) is 21.9 Å². The van der Waals surface area contributed by atoms with Crippen molar-refractivity contribution >= 4 is 45.5 Å². The van der Waals surface area contributed by atoms with Gasteiger partial charge in [-0.25, -0.2) is 4.98 Å². The molecule has 0 saturated heterocycles. The van der Waals surface area contributed by atoms with Crippen molar-refractivity contribution in [1.29, 1.82) is 0 Å². The number of rotatable bonds is 6. The average molecular weight is 415 g/mol. The van der Waals surface area contributed by atoms with Gasteiger partial charge < -0.3 is 10.1 Å². The van der Waals surface area contributed by atoms with Crippen LogP contribution >= 0.6 is 23.6 Å². The molecule has 146 valence electrons. The number of hydrazine groups is 1. The van der Waals surface area contributed by atoms with Crippen LogP contribution in [-0.4, -0.2) is 48.3 Å². The predicted molar refractivity (Wildman–Crippen MR) is 117 cm³/mol. The largest absolute Gasteiger partial charge is 0.385 e. The lowest BCUT2D eigenvalue weighted by atomic mass is 10.1. The molecule has 0 bridgehead atoms. The van der Waals surface area contributed by atoms with E-state index in [1.54, 1.807) is 25.5 Å². The third kappa shape index (κ3) is 4.83. The molecule has 0 fully saturated rings. The lowest BCUT2D eigenvalue weighted by Gasteiger charge is -2.22. The van der Waals surface area contributed by atoms with E-state index in [1.165, 1.54) is 5.01 Å². The highest BCUT2D eigenvalue weighted by molar-refractivity contribution is 7.80. The zero-order chi connectivity index (χ0) is 19.9. The van der Waals surface area contributed by atoms with Gasteiger partial charge in [-0.05, 0) is 42.2 Å². The zero-order valence-electron chi connectivity index (χ0n) is 15.8. The molecule has 0 spiro atoms. The molecule has 0 radical (unpaired) electrons. The van der Waals surface area contributed by atoms with E-state index in [1.807, 2.05) is 47.8 Å². The fourth-order valence-corrected chi connectivity index (χ4v) is 3.54. The number of carbonyl (C=O) groups is 1. The lowest BCUT2D eigenvalue weighted by molar-refractivity contribution is 0.0888. The van der Waals surface area contributed by atoms with Crippen LogP contribution in [0.5, 0.6) is 0 Å². The number of pyridine rings is 1. The van der Waals surface area contributed by atoms with Crippen LogP contribution in [0.4, 0.5) is 0 Å². The van der Waals surface area contributed by atoms with E-state index in [0.717, 1.165) is 27.9 Å². The number of hydrogen-bond donors (Lipinski definition) is 2. The summed E-state index contributed by atoms with van der Waals surface area (Å²) >= 11 is 6.92. The van der Waals surface area contributed by atoms with Crippen LogP contribution in [0.2, 0.25) is 0 Å². The van der Waals surface area contributed by atoms with Crippen LogP contribution in [0.1, 0.15) is 16.8 Å². The molecule has 3 aromatic rings. The predicted octanol–water partition coefficient (Wildman–Crippen LogP) is 3.45. The molecule has 2 aromatic heterocycles. The van der Waals surface area contributed by atoms with Crippen molar-refractivity contribution in [2.75, 3.05) is 27.3 Å². The summed E-state index contributed by atoms with van der Waals surface area (Å²) < 4.78 is 5.02. The number of nitrogens with zero attached hydrogens (tertiary/aromatic N) is 2. The summed E-state index contributed by atoms with van der Waals surface area (Å²) in [5, 5.41) is 7.85. The Morgan fingerprint density at radius 3 is 2.86 bits per heavy atom. The van der Waals surface area contributed by atoms with Gasteiger partial charge in [0, 0.05) is 32.7 Å². The summed E-state index contributed by atoms with van der Waals surface area (Å²) in [6.45, 7) is 1.33. The third-order valence-corrected chi connectivity index (χ3v) is 5.42. The standard InChI is InChI=1S/C20H22N4O2S2/c1-24(20(27)21-10-6-11-26-2)23-19(25)15-13-17(18-9-5-12-28-18)22-16-8-4-3-7-14(15)16/h3-5,7-9,12-13H,6,10-11H2,1-2H3,(H,21,27)(H,23,25). The molecule has 1 amide bonds. The molecule has 1 aromatic carbocycles. The van der Waals surface area contributed by atoms with Gasteiger partial charge in [0.25, 0.3) is 5.91 Å². The van der Waals surface area contributed by atoms with Gasteiger partial charge in [-0.15, -0.1) is 11.3 Å². The molecule has 0 aliphatic heterocycles. The number of ether oxygens (including phenoxy) is 1. The quantitative estimate of drug-likeness (QED) is 0.366. The van der Waals surface area contributed by atoms with E-state index in [9.17, 15) is 4.79 Å². The van der Waals surface area contributed by atoms with Crippen molar-refractivity contribution in [3.63, 3.8) is 0 Å². The number of thiocarbonyl (C=S) groups is 1. The first-order chi connectivity index (χ1) is 13.6. The van der Waals surface area contributed by atoms with Gasteiger partial charge in [-0.2, -0.15) is 0 Å². The summed E-state index contributed by atoms with van der Waals surface area (Å²) in [7, 11) is 3.38. The van der Waals surface area contributed by atoms with Crippen molar-refractivity contribution in [2.24, 2.45) is 0 Å². The van der Waals surface area contributed by atoms with Crippen molar-refractivity contribution in [3.05, 3.63) is 53.4 Å². The summed E-state index contributed by atoms with van der Waals surface area (Å²) in [4.78, 5) is 18.7. The SMILES string of the molecule is COCCCNC(=S)N(C)NC(=O)c1cc(-c2cccs2)nc2ccccc12. The maximum atomic E-state index is 13.0. The average Bonchev–Trinajstić information content (AvgIpc) is 3.25. The Hall–Kier alpha value is -2.55. The van der Waals surface area contributed by atoms with Crippen LogP contribution in [0, 0.1) is 0 Å². The normalized spacial score (nSPS) is 10.6. The van der Waals surface area contributed by atoms with E-state index in [0.29, 0.717) is 23.8 Å². The number of para-hydroxylation sites is 1. The van der Waals surface area contributed by atoms with E-state index < -0.39 is 0 Å². The zero-order valence-corrected chi connectivity index (χ0v) is 17.4. The minimum atomic E-state index is -0.236. The Bertz CT molecular complexity index is 960. The Balaban J connectivity index is 1.80. The number of amides is 1. The summed E-state index contributed by atoms with van der Waals surface area (Å²) in [5.74, 6) is -0.236. The fourth-order valence-electron chi connectivity index (χ4n) is 2.71. The molecule has 8 heteroatoms. The Labute approximate surface area is 173 Å². The number of fused-ring (bicyclic) bond motifs is 1. The van der Waals surface area contributed by atoms with Gasteiger partial charge in [0.15, 0.2) is 5.11 Å². The Morgan fingerprint density at radius 2 is 2.11 bits per heavy atom. The second kappa shape index (κ2) is 9.59. The number of thiophene rings is 1. The van der Waals surface area contributed by atoms with Crippen LogP contribution in [-0.2, 0) is 4.74 Å². The molecule has 0 aliphatic carbocycles. The molecule has 6 nitrogen and oxygen atoms in total. The minimum absolute atomic E-state index is 0.236. The van der Waals surface area contributed by atoms with Crippen molar-refractivity contribution < 1.29 is 9.53 Å². The van der Waals surface area contributed by atoms with Gasteiger partial charge in [-0.3, -0.25) is 15.2 Å². The molecule has 28 heavy (non-hydrogen) atoms. The monoisotopic (exact) mass is 414 g/mol. The third-order valence-electron chi connectivity index (χ3n) is 4.11. The molecular formula is C20H22N4O2S2. The van der Waals surface area contributed by atoms with Crippen LogP contribution in [0.25, 0.3) is 21.5 Å². The number of carbonyl (C=O) groups excluding carboxylic acids is 1.